The van der Waals surface area contributed by atoms with Gasteiger partial charge in [0, 0.05) is 28.2 Å². The molecular formula is C23H20BrFN2O2. The van der Waals surface area contributed by atoms with Crippen molar-refractivity contribution in [1.82, 2.24) is 5.32 Å². The van der Waals surface area contributed by atoms with Crippen LogP contribution in [0.15, 0.2) is 76.2 Å². The van der Waals surface area contributed by atoms with E-state index in [1.54, 1.807) is 25.3 Å². The second-order valence-corrected chi connectivity index (χ2v) is 7.81. The number of benzene rings is 3. The van der Waals surface area contributed by atoms with Crippen molar-refractivity contribution in [2.75, 3.05) is 7.11 Å². The van der Waals surface area contributed by atoms with Crippen molar-refractivity contribution in [3.63, 3.8) is 0 Å². The molecule has 0 aromatic heterocycles. The Balaban J connectivity index is 1.78. The predicted octanol–water partition coefficient (Wildman–Crippen LogP) is 5.52. The maximum absolute atomic E-state index is 13.8. The SMILES string of the molecule is COc1cccc(C2=N[C@H](c3cccc(F)c3)N[C@@H](c3cc(Br)ccc3O)C2)c1. The van der Waals surface area contributed by atoms with E-state index in [0.717, 1.165) is 32.6 Å². The van der Waals surface area contributed by atoms with Crippen molar-refractivity contribution < 1.29 is 14.2 Å². The van der Waals surface area contributed by atoms with E-state index in [2.05, 4.69) is 21.2 Å². The summed E-state index contributed by atoms with van der Waals surface area (Å²) in [5.41, 5.74) is 3.29. The number of hydrogen-bond donors (Lipinski definition) is 2. The molecule has 2 atom stereocenters. The zero-order valence-electron chi connectivity index (χ0n) is 15.8. The molecule has 0 unspecified atom stereocenters. The van der Waals surface area contributed by atoms with Gasteiger partial charge in [-0.2, -0.15) is 0 Å². The molecule has 3 aromatic carbocycles. The molecule has 2 N–H and O–H groups in total. The minimum atomic E-state index is -0.441. The van der Waals surface area contributed by atoms with Gasteiger partial charge in [0.15, 0.2) is 0 Å². The van der Waals surface area contributed by atoms with Crippen LogP contribution in [0, 0.1) is 5.82 Å². The Morgan fingerprint density at radius 3 is 2.72 bits per heavy atom. The quantitative estimate of drug-likeness (QED) is 0.545. The van der Waals surface area contributed by atoms with Crippen LogP contribution in [0.4, 0.5) is 4.39 Å². The van der Waals surface area contributed by atoms with Crippen molar-refractivity contribution in [2.45, 2.75) is 18.6 Å². The van der Waals surface area contributed by atoms with Gasteiger partial charge in [-0.1, -0.05) is 40.2 Å². The first-order chi connectivity index (χ1) is 14.0. The average molecular weight is 455 g/mol. The van der Waals surface area contributed by atoms with Gasteiger partial charge in [-0.15, -0.1) is 0 Å². The molecule has 1 heterocycles. The highest BCUT2D eigenvalue weighted by Gasteiger charge is 2.28. The number of phenolic OH excluding ortho intramolecular Hbond substituents is 1. The van der Waals surface area contributed by atoms with Crippen LogP contribution in [0.2, 0.25) is 0 Å². The number of aromatic hydroxyl groups is 1. The third-order valence-corrected chi connectivity index (χ3v) is 5.47. The fourth-order valence-corrected chi connectivity index (χ4v) is 3.91. The van der Waals surface area contributed by atoms with E-state index in [0.29, 0.717) is 6.42 Å². The molecule has 4 nitrogen and oxygen atoms in total. The molecule has 1 aliphatic rings. The summed E-state index contributed by atoms with van der Waals surface area (Å²) < 4.78 is 20.1. The van der Waals surface area contributed by atoms with Crippen LogP contribution in [0.5, 0.6) is 11.5 Å². The first kappa shape index (κ1) is 19.6. The summed E-state index contributed by atoms with van der Waals surface area (Å²) in [5.74, 6) is 0.637. The highest BCUT2D eigenvalue weighted by molar-refractivity contribution is 9.10. The van der Waals surface area contributed by atoms with Gasteiger partial charge in [-0.3, -0.25) is 10.3 Å². The van der Waals surface area contributed by atoms with Crippen LogP contribution in [-0.2, 0) is 0 Å². The second-order valence-electron chi connectivity index (χ2n) is 6.89. The Morgan fingerprint density at radius 2 is 1.93 bits per heavy atom. The fraction of sp³-hybridized carbons (Fsp3) is 0.174. The van der Waals surface area contributed by atoms with Gasteiger partial charge in [0.25, 0.3) is 0 Å². The maximum Gasteiger partial charge on any atom is 0.126 e. The van der Waals surface area contributed by atoms with Gasteiger partial charge in [0.05, 0.1) is 7.11 Å². The van der Waals surface area contributed by atoms with E-state index >= 15 is 0 Å². The molecular weight excluding hydrogens is 435 g/mol. The average Bonchev–Trinajstić information content (AvgIpc) is 2.75. The molecule has 1 aliphatic heterocycles. The molecule has 0 saturated carbocycles. The van der Waals surface area contributed by atoms with Gasteiger partial charge in [-0.05, 0) is 53.6 Å². The van der Waals surface area contributed by atoms with Gasteiger partial charge < -0.3 is 9.84 Å². The zero-order chi connectivity index (χ0) is 20.4. The summed E-state index contributed by atoms with van der Waals surface area (Å²) in [5, 5.41) is 13.9. The van der Waals surface area contributed by atoms with E-state index < -0.39 is 6.17 Å². The molecule has 6 heteroatoms. The summed E-state index contributed by atoms with van der Waals surface area (Å²) >= 11 is 3.48. The smallest absolute Gasteiger partial charge is 0.126 e. The molecule has 3 aromatic rings. The van der Waals surface area contributed by atoms with Crippen LogP contribution in [0.3, 0.4) is 0 Å². The van der Waals surface area contributed by atoms with Crippen LogP contribution in [0.1, 0.15) is 35.3 Å². The normalized spacial score (nSPS) is 18.9. The lowest BCUT2D eigenvalue weighted by molar-refractivity contribution is 0.410. The summed E-state index contributed by atoms with van der Waals surface area (Å²) in [4.78, 5) is 4.86. The second kappa shape index (κ2) is 8.35. The molecule has 0 radical (unpaired) electrons. The Hall–Kier alpha value is -2.70. The van der Waals surface area contributed by atoms with Crippen molar-refractivity contribution in [3.05, 3.63) is 93.7 Å². The molecule has 0 amide bonds. The van der Waals surface area contributed by atoms with Crippen molar-refractivity contribution in [2.24, 2.45) is 4.99 Å². The summed E-state index contributed by atoms with van der Waals surface area (Å²) in [6, 6.07) is 19.3. The van der Waals surface area contributed by atoms with Crippen LogP contribution < -0.4 is 10.1 Å². The minimum Gasteiger partial charge on any atom is -0.508 e. The lowest BCUT2D eigenvalue weighted by Crippen LogP contribution is -2.33. The molecule has 0 aliphatic carbocycles. The van der Waals surface area contributed by atoms with Crippen LogP contribution in [-0.4, -0.2) is 17.9 Å². The van der Waals surface area contributed by atoms with Crippen molar-refractivity contribution in [1.29, 1.82) is 0 Å². The van der Waals surface area contributed by atoms with Gasteiger partial charge in [0.1, 0.15) is 23.5 Å². The van der Waals surface area contributed by atoms with Gasteiger partial charge in [0.2, 0.25) is 0 Å². The van der Waals surface area contributed by atoms with Gasteiger partial charge >= 0.3 is 0 Å². The maximum atomic E-state index is 13.8. The van der Waals surface area contributed by atoms with Gasteiger partial charge in [-0.25, -0.2) is 4.39 Å². The monoisotopic (exact) mass is 454 g/mol. The number of nitrogens with one attached hydrogen (secondary N) is 1. The minimum absolute atomic E-state index is 0.195. The molecule has 0 bridgehead atoms. The van der Waals surface area contributed by atoms with E-state index in [1.807, 2.05) is 36.4 Å². The van der Waals surface area contributed by atoms with E-state index in [9.17, 15) is 9.50 Å². The molecule has 0 saturated heterocycles. The number of aliphatic imine (C=N–C) groups is 1. The Labute approximate surface area is 177 Å². The summed E-state index contributed by atoms with van der Waals surface area (Å²) in [6.07, 6.45) is 0.132. The zero-order valence-corrected chi connectivity index (χ0v) is 17.4. The number of ether oxygens (including phenoxy) is 1. The number of methoxy groups -OCH3 is 1. The summed E-state index contributed by atoms with van der Waals surface area (Å²) in [7, 11) is 1.63. The van der Waals surface area contributed by atoms with E-state index in [4.69, 9.17) is 9.73 Å². The molecule has 0 spiro atoms. The standard InChI is InChI=1S/C23H20BrFN2O2/c1-29-18-7-3-4-14(11-18)20-13-21(19-12-16(24)8-9-22(19)28)27-23(26-20)15-5-2-6-17(25)10-15/h2-12,21,23,27-28H,13H2,1H3/t21-,23+/m1/s1. The lowest BCUT2D eigenvalue weighted by atomic mass is 9.93. The summed E-state index contributed by atoms with van der Waals surface area (Å²) in [6.45, 7) is 0. The van der Waals surface area contributed by atoms with Crippen molar-refractivity contribution in [3.8, 4) is 11.5 Å². The molecule has 148 valence electrons. The van der Waals surface area contributed by atoms with Crippen molar-refractivity contribution >= 4 is 21.6 Å². The number of nitrogens with zero attached hydrogens (tertiary/aromatic N) is 1. The Kier molecular flexibility index (Phi) is 5.65. The first-order valence-corrected chi connectivity index (χ1v) is 10.0. The first-order valence-electron chi connectivity index (χ1n) is 9.24. The number of hydrogen-bond acceptors (Lipinski definition) is 4. The van der Waals surface area contributed by atoms with Crippen LogP contribution in [0.25, 0.3) is 0 Å². The third-order valence-electron chi connectivity index (χ3n) is 4.97. The molecule has 0 fully saturated rings. The van der Waals surface area contributed by atoms with Crippen LogP contribution >= 0.6 is 15.9 Å². The number of phenols is 1. The van der Waals surface area contributed by atoms with E-state index in [1.165, 1.54) is 12.1 Å². The fourth-order valence-electron chi connectivity index (χ4n) is 3.54. The number of rotatable bonds is 4. The highest BCUT2D eigenvalue weighted by atomic mass is 79.9. The Morgan fingerprint density at radius 1 is 1.10 bits per heavy atom. The Bertz CT molecular complexity index is 1070. The third kappa shape index (κ3) is 4.33. The predicted molar refractivity (Wildman–Crippen MR) is 115 cm³/mol. The van der Waals surface area contributed by atoms with E-state index in [-0.39, 0.29) is 17.6 Å². The highest BCUT2D eigenvalue weighted by Crippen LogP contribution is 2.36. The molecule has 4 rings (SSSR count). The number of halogens is 2. The topological polar surface area (TPSA) is 53.8 Å². The lowest BCUT2D eigenvalue weighted by Gasteiger charge is -2.31. The largest absolute Gasteiger partial charge is 0.508 e. The molecule has 29 heavy (non-hydrogen) atoms.